The van der Waals surface area contributed by atoms with Gasteiger partial charge in [-0.1, -0.05) is 18.5 Å². The van der Waals surface area contributed by atoms with Crippen LogP contribution in [0.3, 0.4) is 0 Å². The number of hydrogen-bond acceptors (Lipinski definition) is 3. The summed E-state index contributed by atoms with van der Waals surface area (Å²) in [6, 6.07) is 0.701. The highest BCUT2D eigenvalue weighted by Crippen LogP contribution is 2.38. The third kappa shape index (κ3) is 2.39. The fourth-order valence-corrected chi connectivity index (χ4v) is 2.57. The fraction of sp³-hybridized carbons (Fsp3) is 0.692. The molecule has 0 spiro atoms. The number of nitrogens with zero attached hydrogens (tertiary/aromatic N) is 3. The summed E-state index contributed by atoms with van der Waals surface area (Å²) >= 11 is 6.17. The predicted octanol–water partition coefficient (Wildman–Crippen LogP) is 3.07. The Morgan fingerprint density at radius 1 is 1.29 bits per heavy atom. The van der Waals surface area contributed by atoms with E-state index in [4.69, 9.17) is 11.6 Å². The van der Waals surface area contributed by atoms with Crippen molar-refractivity contribution in [1.82, 2.24) is 9.97 Å². The van der Waals surface area contributed by atoms with Gasteiger partial charge in [0.05, 0.1) is 0 Å². The predicted molar refractivity (Wildman–Crippen MR) is 69.5 cm³/mol. The molecule has 2 fully saturated rings. The molecule has 0 atom stereocenters. The Morgan fingerprint density at radius 3 is 2.65 bits per heavy atom. The highest BCUT2D eigenvalue weighted by Gasteiger charge is 2.35. The molecule has 92 valence electrons. The summed E-state index contributed by atoms with van der Waals surface area (Å²) in [7, 11) is 0. The van der Waals surface area contributed by atoms with Gasteiger partial charge in [-0.25, -0.2) is 9.97 Å². The molecule has 2 saturated carbocycles. The minimum Gasteiger partial charge on any atom is -0.353 e. The molecule has 1 aromatic rings. The second-order valence-corrected chi connectivity index (χ2v) is 5.51. The minimum absolute atomic E-state index is 0.624. The molecule has 3 rings (SSSR count). The van der Waals surface area contributed by atoms with Crippen LogP contribution < -0.4 is 4.90 Å². The smallest absolute Gasteiger partial charge is 0.137 e. The van der Waals surface area contributed by atoms with Crippen LogP contribution in [0.5, 0.6) is 0 Å². The lowest BCUT2D eigenvalue weighted by Gasteiger charge is -2.25. The number of hydrogen-bond donors (Lipinski definition) is 0. The van der Waals surface area contributed by atoms with Gasteiger partial charge in [0.25, 0.3) is 0 Å². The third-order valence-corrected chi connectivity index (χ3v) is 3.96. The standard InChI is InChI=1S/C13H18ClN3/c1-2-11-12(14)15-8-16-13(11)17(10-5-6-10)7-9-3-4-9/h8-10H,2-7H2,1H3. The van der Waals surface area contributed by atoms with E-state index in [9.17, 15) is 0 Å². The van der Waals surface area contributed by atoms with Crippen LogP contribution in [0.4, 0.5) is 5.82 Å². The maximum Gasteiger partial charge on any atom is 0.137 e. The Labute approximate surface area is 107 Å². The van der Waals surface area contributed by atoms with Crippen LogP contribution in [0.1, 0.15) is 38.2 Å². The molecule has 0 radical (unpaired) electrons. The summed E-state index contributed by atoms with van der Waals surface area (Å²) in [5.41, 5.74) is 1.11. The molecule has 0 amide bonds. The molecule has 0 unspecified atom stereocenters. The van der Waals surface area contributed by atoms with Crippen molar-refractivity contribution in [3.8, 4) is 0 Å². The lowest BCUT2D eigenvalue weighted by molar-refractivity contribution is 0.702. The van der Waals surface area contributed by atoms with Gasteiger partial charge < -0.3 is 4.90 Å². The molecule has 2 aliphatic rings. The summed E-state index contributed by atoms with van der Waals surface area (Å²) in [5, 5.41) is 0.624. The molecule has 2 aliphatic carbocycles. The number of rotatable bonds is 5. The van der Waals surface area contributed by atoms with Crippen LogP contribution >= 0.6 is 11.6 Å². The van der Waals surface area contributed by atoms with Gasteiger partial charge in [0.15, 0.2) is 0 Å². The van der Waals surface area contributed by atoms with Crippen molar-refractivity contribution >= 4 is 17.4 Å². The van der Waals surface area contributed by atoms with Crippen LogP contribution in [0, 0.1) is 5.92 Å². The van der Waals surface area contributed by atoms with Gasteiger partial charge >= 0.3 is 0 Å². The fourth-order valence-electron chi connectivity index (χ4n) is 2.31. The van der Waals surface area contributed by atoms with Gasteiger partial charge in [0.2, 0.25) is 0 Å². The van der Waals surface area contributed by atoms with E-state index < -0.39 is 0 Å². The van der Waals surface area contributed by atoms with Gasteiger partial charge in [-0.3, -0.25) is 0 Å². The maximum absolute atomic E-state index is 6.17. The Hall–Kier alpha value is -0.830. The van der Waals surface area contributed by atoms with Gasteiger partial charge in [-0.2, -0.15) is 0 Å². The molecule has 1 heterocycles. The van der Waals surface area contributed by atoms with E-state index in [1.165, 1.54) is 25.7 Å². The van der Waals surface area contributed by atoms with Crippen LogP contribution in [0.25, 0.3) is 0 Å². The summed E-state index contributed by atoms with van der Waals surface area (Å²) in [4.78, 5) is 11.1. The van der Waals surface area contributed by atoms with Crippen LogP contribution in [0.2, 0.25) is 5.15 Å². The molecule has 3 nitrogen and oxygen atoms in total. The first-order valence-electron chi connectivity index (χ1n) is 6.55. The van der Waals surface area contributed by atoms with Gasteiger partial charge in [0, 0.05) is 18.2 Å². The van der Waals surface area contributed by atoms with Crippen molar-refractivity contribution in [1.29, 1.82) is 0 Å². The van der Waals surface area contributed by atoms with E-state index in [-0.39, 0.29) is 0 Å². The van der Waals surface area contributed by atoms with Gasteiger partial charge in [-0.05, 0) is 38.0 Å². The highest BCUT2D eigenvalue weighted by atomic mass is 35.5. The van der Waals surface area contributed by atoms with E-state index >= 15 is 0 Å². The van der Waals surface area contributed by atoms with E-state index in [0.29, 0.717) is 11.2 Å². The first kappa shape index (κ1) is 11.3. The third-order valence-electron chi connectivity index (χ3n) is 3.64. The quantitative estimate of drug-likeness (QED) is 0.753. The van der Waals surface area contributed by atoms with Crippen LogP contribution in [0.15, 0.2) is 6.33 Å². The van der Waals surface area contributed by atoms with Crippen molar-refractivity contribution in [2.75, 3.05) is 11.4 Å². The summed E-state index contributed by atoms with van der Waals surface area (Å²) < 4.78 is 0. The van der Waals surface area contributed by atoms with Crippen molar-refractivity contribution in [2.24, 2.45) is 5.92 Å². The van der Waals surface area contributed by atoms with E-state index in [1.54, 1.807) is 6.33 Å². The monoisotopic (exact) mass is 251 g/mol. The SMILES string of the molecule is CCc1c(Cl)ncnc1N(CC1CC1)C1CC1. The zero-order valence-electron chi connectivity index (χ0n) is 10.2. The van der Waals surface area contributed by atoms with E-state index in [0.717, 1.165) is 30.3 Å². The number of anilines is 1. The molecule has 0 aromatic carbocycles. The second-order valence-electron chi connectivity index (χ2n) is 5.15. The molecule has 4 heteroatoms. The molecule has 0 N–H and O–H groups in total. The first-order valence-corrected chi connectivity index (χ1v) is 6.93. The second kappa shape index (κ2) is 4.45. The molecule has 0 aliphatic heterocycles. The van der Waals surface area contributed by atoms with Crippen molar-refractivity contribution in [2.45, 2.75) is 45.1 Å². The Morgan fingerprint density at radius 2 is 2.06 bits per heavy atom. The van der Waals surface area contributed by atoms with Crippen molar-refractivity contribution < 1.29 is 0 Å². The van der Waals surface area contributed by atoms with Crippen molar-refractivity contribution in [3.05, 3.63) is 17.0 Å². The highest BCUT2D eigenvalue weighted by molar-refractivity contribution is 6.30. The lowest BCUT2D eigenvalue weighted by atomic mass is 10.2. The molecule has 17 heavy (non-hydrogen) atoms. The Balaban J connectivity index is 1.90. The van der Waals surface area contributed by atoms with Crippen LogP contribution in [-0.4, -0.2) is 22.6 Å². The molecular formula is C13H18ClN3. The average molecular weight is 252 g/mol. The summed E-state index contributed by atoms with van der Waals surface area (Å²) in [6.07, 6.45) is 7.87. The molecule has 0 saturated heterocycles. The minimum atomic E-state index is 0.624. The summed E-state index contributed by atoms with van der Waals surface area (Å²) in [6.45, 7) is 3.28. The molecule has 1 aromatic heterocycles. The molecule has 0 bridgehead atoms. The van der Waals surface area contributed by atoms with Crippen molar-refractivity contribution in [3.63, 3.8) is 0 Å². The topological polar surface area (TPSA) is 29.0 Å². The molecular weight excluding hydrogens is 234 g/mol. The number of halogens is 1. The van der Waals surface area contributed by atoms with E-state index in [2.05, 4.69) is 21.8 Å². The lowest BCUT2D eigenvalue weighted by Crippen LogP contribution is -2.30. The zero-order chi connectivity index (χ0) is 11.8. The average Bonchev–Trinajstić information content (AvgIpc) is 3.17. The normalized spacial score (nSPS) is 19.4. The largest absolute Gasteiger partial charge is 0.353 e. The maximum atomic E-state index is 6.17. The number of aromatic nitrogens is 2. The van der Waals surface area contributed by atoms with Gasteiger partial charge in [-0.15, -0.1) is 0 Å². The van der Waals surface area contributed by atoms with Gasteiger partial charge in [0.1, 0.15) is 17.3 Å². The summed E-state index contributed by atoms with van der Waals surface area (Å²) in [5.74, 6) is 1.97. The van der Waals surface area contributed by atoms with Crippen LogP contribution in [-0.2, 0) is 6.42 Å². The Bertz CT molecular complexity index is 413. The zero-order valence-corrected chi connectivity index (χ0v) is 11.0. The van der Waals surface area contributed by atoms with E-state index in [1.807, 2.05) is 0 Å². The first-order chi connectivity index (χ1) is 8.29. The Kier molecular flexibility index (Phi) is 2.95.